The summed E-state index contributed by atoms with van der Waals surface area (Å²) >= 11 is 0. The number of aryl methyl sites for hydroxylation is 1. The van der Waals surface area contributed by atoms with Crippen LogP contribution in [0.1, 0.15) is 11.3 Å². The lowest BCUT2D eigenvalue weighted by Gasteiger charge is -1.97. The molecule has 2 aromatic heterocycles. The molecule has 0 radical (unpaired) electrons. The molecule has 6 heteroatoms. The number of anilines is 1. The van der Waals surface area contributed by atoms with Crippen molar-refractivity contribution in [1.29, 1.82) is 0 Å². The highest BCUT2D eigenvalue weighted by Gasteiger charge is 2.02. The van der Waals surface area contributed by atoms with E-state index >= 15 is 0 Å². The Morgan fingerprint density at radius 1 is 1.62 bits per heavy atom. The van der Waals surface area contributed by atoms with Crippen LogP contribution in [-0.4, -0.2) is 20.6 Å². The van der Waals surface area contributed by atoms with Crippen molar-refractivity contribution in [3.05, 3.63) is 23.7 Å². The first-order valence-electron chi connectivity index (χ1n) is 3.86. The molecule has 2 aromatic rings. The Morgan fingerprint density at radius 3 is 3.15 bits per heavy atom. The van der Waals surface area contributed by atoms with Crippen LogP contribution < -0.4 is 5.32 Å². The molecule has 0 saturated heterocycles. The van der Waals surface area contributed by atoms with Gasteiger partial charge in [-0.3, -0.25) is 0 Å². The molecule has 2 N–H and O–H groups in total. The van der Waals surface area contributed by atoms with Crippen LogP contribution in [-0.2, 0) is 6.54 Å². The lowest BCUT2D eigenvalue weighted by atomic mass is 10.3. The van der Waals surface area contributed by atoms with Gasteiger partial charge in [0.1, 0.15) is 5.76 Å². The van der Waals surface area contributed by atoms with Gasteiger partial charge in [-0.25, -0.2) is 0 Å². The van der Waals surface area contributed by atoms with Crippen LogP contribution in [0.2, 0.25) is 0 Å². The second kappa shape index (κ2) is 3.26. The predicted octanol–water partition coefficient (Wildman–Crippen LogP) is 0.713. The number of nitrogens with zero attached hydrogens (tertiary/aromatic N) is 3. The highest BCUT2D eigenvalue weighted by molar-refractivity contribution is 5.23. The van der Waals surface area contributed by atoms with Crippen molar-refractivity contribution in [3.8, 4) is 0 Å². The van der Waals surface area contributed by atoms with Crippen LogP contribution in [0, 0.1) is 6.92 Å². The van der Waals surface area contributed by atoms with E-state index in [9.17, 15) is 0 Å². The van der Waals surface area contributed by atoms with Crippen molar-refractivity contribution in [2.75, 3.05) is 5.32 Å². The number of rotatable bonds is 3. The molecule has 68 valence electrons. The molecule has 0 amide bonds. The molecule has 0 spiro atoms. The van der Waals surface area contributed by atoms with E-state index in [1.165, 1.54) is 0 Å². The highest BCUT2D eigenvalue weighted by Crippen LogP contribution is 2.09. The fourth-order valence-electron chi connectivity index (χ4n) is 0.981. The van der Waals surface area contributed by atoms with Gasteiger partial charge < -0.3 is 9.73 Å². The maximum absolute atomic E-state index is 5.21. The molecular weight excluding hydrogens is 170 g/mol. The number of H-pyrrole nitrogens is 1. The third-order valence-electron chi connectivity index (χ3n) is 1.72. The van der Waals surface area contributed by atoms with Gasteiger partial charge in [-0.05, 0) is 23.8 Å². The molecule has 0 aliphatic rings. The molecule has 0 atom stereocenters. The SMILES string of the molecule is Cc1ccoc1CNc1nn[nH]n1. The summed E-state index contributed by atoms with van der Waals surface area (Å²) in [6.07, 6.45) is 1.66. The monoisotopic (exact) mass is 179 g/mol. The molecule has 0 unspecified atom stereocenters. The Bertz CT molecular complexity index is 366. The van der Waals surface area contributed by atoms with Gasteiger partial charge in [0.15, 0.2) is 0 Å². The molecule has 0 fully saturated rings. The first-order chi connectivity index (χ1) is 6.36. The first kappa shape index (κ1) is 7.78. The Kier molecular flexibility index (Phi) is 1.95. The normalized spacial score (nSPS) is 10.2. The van der Waals surface area contributed by atoms with Crippen LogP contribution in [0.25, 0.3) is 0 Å². The predicted molar refractivity (Wildman–Crippen MR) is 44.9 cm³/mol. The van der Waals surface area contributed by atoms with E-state index in [4.69, 9.17) is 4.42 Å². The van der Waals surface area contributed by atoms with E-state index in [0.29, 0.717) is 12.5 Å². The van der Waals surface area contributed by atoms with Crippen LogP contribution >= 0.6 is 0 Å². The van der Waals surface area contributed by atoms with Gasteiger partial charge in [-0.15, -0.1) is 5.10 Å². The molecule has 0 aliphatic carbocycles. The van der Waals surface area contributed by atoms with Gasteiger partial charge in [0.05, 0.1) is 12.8 Å². The average Bonchev–Trinajstić information content (AvgIpc) is 2.72. The fourth-order valence-corrected chi connectivity index (χ4v) is 0.981. The van der Waals surface area contributed by atoms with Crippen LogP contribution in [0.5, 0.6) is 0 Å². The molecule has 6 nitrogen and oxygen atoms in total. The van der Waals surface area contributed by atoms with E-state index in [2.05, 4.69) is 25.9 Å². The number of nitrogens with one attached hydrogen (secondary N) is 2. The summed E-state index contributed by atoms with van der Waals surface area (Å²) in [6, 6.07) is 1.91. The Hall–Kier alpha value is -1.85. The number of furan rings is 1. The molecule has 0 saturated carbocycles. The number of aromatic nitrogens is 4. The Balaban J connectivity index is 1.97. The number of aromatic amines is 1. The molecule has 0 aliphatic heterocycles. The second-order valence-corrected chi connectivity index (χ2v) is 2.62. The van der Waals surface area contributed by atoms with E-state index in [1.807, 2.05) is 13.0 Å². The fraction of sp³-hybridized carbons (Fsp3) is 0.286. The van der Waals surface area contributed by atoms with Crippen molar-refractivity contribution in [3.63, 3.8) is 0 Å². The minimum absolute atomic E-state index is 0.468. The zero-order chi connectivity index (χ0) is 9.10. The Morgan fingerprint density at radius 2 is 2.54 bits per heavy atom. The molecule has 0 bridgehead atoms. The summed E-state index contributed by atoms with van der Waals surface area (Å²) in [6.45, 7) is 2.55. The highest BCUT2D eigenvalue weighted by atomic mass is 16.3. The van der Waals surface area contributed by atoms with Crippen molar-refractivity contribution in [1.82, 2.24) is 20.6 Å². The molecule has 2 heterocycles. The quantitative estimate of drug-likeness (QED) is 0.725. The van der Waals surface area contributed by atoms with Gasteiger partial charge >= 0.3 is 0 Å². The van der Waals surface area contributed by atoms with Gasteiger partial charge in [0, 0.05) is 0 Å². The summed E-state index contributed by atoms with van der Waals surface area (Å²) < 4.78 is 5.21. The lowest BCUT2D eigenvalue weighted by Crippen LogP contribution is -2.00. The molecule has 0 aromatic carbocycles. The zero-order valence-corrected chi connectivity index (χ0v) is 7.11. The lowest BCUT2D eigenvalue weighted by molar-refractivity contribution is 0.515. The van der Waals surface area contributed by atoms with Crippen molar-refractivity contribution in [2.45, 2.75) is 13.5 Å². The Labute approximate surface area is 74.3 Å². The van der Waals surface area contributed by atoms with E-state index < -0.39 is 0 Å². The minimum atomic E-state index is 0.468. The van der Waals surface area contributed by atoms with E-state index in [-0.39, 0.29) is 0 Å². The van der Waals surface area contributed by atoms with Crippen LogP contribution in [0.15, 0.2) is 16.7 Å². The summed E-state index contributed by atoms with van der Waals surface area (Å²) in [5.41, 5.74) is 1.11. The first-order valence-corrected chi connectivity index (χ1v) is 3.86. The molecule has 13 heavy (non-hydrogen) atoms. The second-order valence-electron chi connectivity index (χ2n) is 2.62. The van der Waals surface area contributed by atoms with Gasteiger partial charge in [0.25, 0.3) is 5.95 Å². The molecule has 2 rings (SSSR count). The third-order valence-corrected chi connectivity index (χ3v) is 1.72. The van der Waals surface area contributed by atoms with Gasteiger partial charge in [0.2, 0.25) is 0 Å². The van der Waals surface area contributed by atoms with Gasteiger partial charge in [-0.2, -0.15) is 5.21 Å². The van der Waals surface area contributed by atoms with Gasteiger partial charge in [-0.1, -0.05) is 5.10 Å². The third kappa shape index (κ3) is 1.66. The average molecular weight is 179 g/mol. The van der Waals surface area contributed by atoms with Crippen LogP contribution in [0.3, 0.4) is 0 Å². The zero-order valence-electron chi connectivity index (χ0n) is 7.11. The van der Waals surface area contributed by atoms with Crippen molar-refractivity contribution >= 4 is 5.95 Å². The summed E-state index contributed by atoms with van der Waals surface area (Å²) in [4.78, 5) is 0. The van der Waals surface area contributed by atoms with Crippen molar-refractivity contribution < 1.29 is 4.42 Å². The maximum atomic E-state index is 5.21. The van der Waals surface area contributed by atoms with Crippen LogP contribution in [0.4, 0.5) is 5.95 Å². The van der Waals surface area contributed by atoms with E-state index in [0.717, 1.165) is 11.3 Å². The maximum Gasteiger partial charge on any atom is 0.263 e. The smallest absolute Gasteiger partial charge is 0.263 e. The summed E-state index contributed by atoms with van der Waals surface area (Å²) in [5, 5.41) is 16.2. The standard InChI is InChI=1S/C7H9N5O/c1-5-2-3-13-6(5)4-8-7-9-11-12-10-7/h2-3H,4H2,1H3,(H2,8,9,10,11,12). The number of hydrogen-bond acceptors (Lipinski definition) is 5. The van der Waals surface area contributed by atoms with Crippen molar-refractivity contribution in [2.24, 2.45) is 0 Å². The minimum Gasteiger partial charge on any atom is -0.467 e. The summed E-state index contributed by atoms with van der Waals surface area (Å²) in [7, 11) is 0. The topological polar surface area (TPSA) is 79.6 Å². The number of hydrogen-bond donors (Lipinski definition) is 2. The van der Waals surface area contributed by atoms with E-state index in [1.54, 1.807) is 6.26 Å². The molecular formula is C7H9N5O. The number of tetrazole rings is 1. The largest absolute Gasteiger partial charge is 0.467 e. The summed E-state index contributed by atoms with van der Waals surface area (Å²) in [5.74, 6) is 1.35.